The predicted molar refractivity (Wildman–Crippen MR) is 88.9 cm³/mol. The number of nitrogens with zero attached hydrogens (tertiary/aromatic N) is 2. The van der Waals surface area contributed by atoms with Crippen LogP contribution in [0.5, 0.6) is 0 Å². The first-order valence-corrected chi connectivity index (χ1v) is 8.74. The average molecular weight is 382 g/mol. The number of aliphatic carboxylic acids is 1. The van der Waals surface area contributed by atoms with Crippen LogP contribution in [0.4, 0.5) is 8.78 Å². The first kappa shape index (κ1) is 19.2. The molecule has 1 aromatic carbocycles. The molecule has 1 aromatic rings. The Balaban J connectivity index is 1.57. The number of amides is 2. The van der Waals surface area contributed by atoms with E-state index in [0.717, 1.165) is 12.1 Å². The summed E-state index contributed by atoms with van der Waals surface area (Å²) in [4.78, 5) is 39.0. The summed E-state index contributed by atoms with van der Waals surface area (Å²) in [6, 6.07) is 2.81. The van der Waals surface area contributed by atoms with Crippen LogP contribution in [0.25, 0.3) is 0 Å². The SMILES string of the molecule is O=C(O)C1CN(C(=O)C2CCN(C(=O)c3ccc(F)cc3F)CC2)CCO1. The minimum Gasteiger partial charge on any atom is -0.479 e. The fourth-order valence-corrected chi connectivity index (χ4v) is 3.42. The summed E-state index contributed by atoms with van der Waals surface area (Å²) in [7, 11) is 0. The molecule has 27 heavy (non-hydrogen) atoms. The van der Waals surface area contributed by atoms with Crippen LogP contribution in [0.1, 0.15) is 23.2 Å². The maximum Gasteiger partial charge on any atom is 0.334 e. The number of benzene rings is 1. The van der Waals surface area contributed by atoms with Crippen LogP contribution in [-0.4, -0.2) is 71.6 Å². The van der Waals surface area contributed by atoms with Crippen molar-refractivity contribution in [2.24, 2.45) is 5.92 Å². The van der Waals surface area contributed by atoms with Crippen molar-refractivity contribution in [2.75, 3.05) is 32.8 Å². The van der Waals surface area contributed by atoms with Crippen molar-refractivity contribution in [3.05, 3.63) is 35.4 Å². The molecular weight excluding hydrogens is 362 g/mol. The second kappa shape index (κ2) is 7.99. The van der Waals surface area contributed by atoms with E-state index in [4.69, 9.17) is 9.84 Å². The molecule has 1 N–H and O–H groups in total. The standard InChI is InChI=1S/C18H20F2N2O5/c19-12-1-2-13(14(20)9-12)17(24)21-5-3-11(4-6-21)16(23)22-7-8-27-15(10-22)18(25)26/h1-2,9,11,15H,3-8,10H2,(H,25,26). The molecule has 0 spiro atoms. The van der Waals surface area contributed by atoms with E-state index in [1.807, 2.05) is 0 Å². The number of hydrogen-bond acceptors (Lipinski definition) is 4. The summed E-state index contributed by atoms with van der Waals surface area (Å²) < 4.78 is 31.9. The number of hydrogen-bond donors (Lipinski definition) is 1. The second-order valence-corrected chi connectivity index (χ2v) is 6.67. The van der Waals surface area contributed by atoms with E-state index in [-0.39, 0.29) is 43.6 Å². The molecule has 0 aromatic heterocycles. The Bertz CT molecular complexity index is 749. The molecule has 1 atom stereocenters. The molecule has 2 aliphatic heterocycles. The Kier molecular flexibility index (Phi) is 5.69. The molecule has 0 radical (unpaired) electrons. The van der Waals surface area contributed by atoms with Gasteiger partial charge in [-0.25, -0.2) is 13.6 Å². The van der Waals surface area contributed by atoms with Crippen LogP contribution >= 0.6 is 0 Å². The molecule has 1 unspecified atom stereocenters. The van der Waals surface area contributed by atoms with Crippen LogP contribution in [0.15, 0.2) is 18.2 Å². The van der Waals surface area contributed by atoms with E-state index in [0.29, 0.717) is 25.5 Å². The van der Waals surface area contributed by atoms with Gasteiger partial charge in [-0.15, -0.1) is 0 Å². The number of carbonyl (C=O) groups is 3. The largest absolute Gasteiger partial charge is 0.479 e. The van der Waals surface area contributed by atoms with Gasteiger partial charge in [0.1, 0.15) is 11.6 Å². The van der Waals surface area contributed by atoms with Gasteiger partial charge in [-0.2, -0.15) is 0 Å². The topological polar surface area (TPSA) is 87.2 Å². The Morgan fingerprint density at radius 1 is 1.07 bits per heavy atom. The highest BCUT2D eigenvalue weighted by atomic mass is 19.1. The molecule has 3 rings (SSSR count). The lowest BCUT2D eigenvalue weighted by Gasteiger charge is -2.37. The van der Waals surface area contributed by atoms with Crippen molar-refractivity contribution in [1.29, 1.82) is 0 Å². The van der Waals surface area contributed by atoms with E-state index in [1.54, 1.807) is 0 Å². The molecule has 2 fully saturated rings. The van der Waals surface area contributed by atoms with Crippen LogP contribution < -0.4 is 0 Å². The van der Waals surface area contributed by atoms with Crippen molar-refractivity contribution >= 4 is 17.8 Å². The Hall–Kier alpha value is -2.55. The van der Waals surface area contributed by atoms with Crippen LogP contribution in [0.2, 0.25) is 0 Å². The number of likely N-dealkylation sites (tertiary alicyclic amines) is 1. The number of piperidine rings is 1. The number of halogens is 2. The van der Waals surface area contributed by atoms with Crippen LogP contribution in [0, 0.1) is 17.6 Å². The highest BCUT2D eigenvalue weighted by Gasteiger charge is 2.35. The fraction of sp³-hybridized carbons (Fsp3) is 0.500. The molecular formula is C18H20F2N2O5. The molecule has 9 heteroatoms. The molecule has 2 saturated heterocycles. The van der Waals surface area contributed by atoms with Gasteiger partial charge in [0.25, 0.3) is 5.91 Å². The van der Waals surface area contributed by atoms with E-state index in [2.05, 4.69) is 0 Å². The minimum atomic E-state index is -1.10. The smallest absolute Gasteiger partial charge is 0.334 e. The summed E-state index contributed by atoms with van der Waals surface area (Å²) >= 11 is 0. The highest BCUT2D eigenvalue weighted by Crippen LogP contribution is 2.23. The molecule has 2 aliphatic rings. The van der Waals surface area contributed by atoms with Gasteiger partial charge in [-0.05, 0) is 25.0 Å². The van der Waals surface area contributed by atoms with Crippen molar-refractivity contribution in [2.45, 2.75) is 18.9 Å². The van der Waals surface area contributed by atoms with Crippen molar-refractivity contribution in [3.63, 3.8) is 0 Å². The number of carboxylic acids is 1. The zero-order valence-corrected chi connectivity index (χ0v) is 14.6. The normalized spacial score (nSPS) is 21.2. The summed E-state index contributed by atoms with van der Waals surface area (Å²) in [5.41, 5.74) is -0.196. The molecule has 0 bridgehead atoms. The zero-order chi connectivity index (χ0) is 19.6. The molecule has 2 heterocycles. The molecule has 2 amide bonds. The fourth-order valence-electron chi connectivity index (χ4n) is 3.42. The zero-order valence-electron chi connectivity index (χ0n) is 14.6. The van der Waals surface area contributed by atoms with E-state index >= 15 is 0 Å². The lowest BCUT2D eigenvalue weighted by Crippen LogP contribution is -2.52. The first-order chi connectivity index (χ1) is 12.9. The third kappa shape index (κ3) is 4.24. The number of carboxylic acid groups (broad SMARTS) is 1. The molecule has 146 valence electrons. The lowest BCUT2D eigenvalue weighted by atomic mass is 9.94. The summed E-state index contributed by atoms with van der Waals surface area (Å²) in [5, 5.41) is 9.03. The molecule has 0 saturated carbocycles. The van der Waals surface area contributed by atoms with Gasteiger partial charge in [0.15, 0.2) is 6.10 Å². The Morgan fingerprint density at radius 3 is 2.41 bits per heavy atom. The third-order valence-corrected chi connectivity index (χ3v) is 4.95. The van der Waals surface area contributed by atoms with Crippen LogP contribution in [0.3, 0.4) is 0 Å². The van der Waals surface area contributed by atoms with Gasteiger partial charge >= 0.3 is 5.97 Å². The third-order valence-electron chi connectivity index (χ3n) is 4.95. The second-order valence-electron chi connectivity index (χ2n) is 6.67. The van der Waals surface area contributed by atoms with E-state index in [1.165, 1.54) is 9.80 Å². The van der Waals surface area contributed by atoms with Gasteiger partial charge in [-0.1, -0.05) is 0 Å². The van der Waals surface area contributed by atoms with Gasteiger partial charge in [-0.3, -0.25) is 9.59 Å². The van der Waals surface area contributed by atoms with Crippen LogP contribution in [-0.2, 0) is 14.3 Å². The average Bonchev–Trinajstić information content (AvgIpc) is 2.67. The number of rotatable bonds is 3. The number of morpholine rings is 1. The van der Waals surface area contributed by atoms with Crippen molar-refractivity contribution < 1.29 is 33.0 Å². The predicted octanol–water partition coefficient (Wildman–Crippen LogP) is 1.13. The lowest BCUT2D eigenvalue weighted by molar-refractivity contribution is -0.161. The van der Waals surface area contributed by atoms with E-state index < -0.39 is 29.6 Å². The molecule has 0 aliphatic carbocycles. The minimum absolute atomic E-state index is 0.00804. The first-order valence-electron chi connectivity index (χ1n) is 8.74. The summed E-state index contributed by atoms with van der Waals surface area (Å²) in [6.45, 7) is 1.07. The van der Waals surface area contributed by atoms with Gasteiger partial charge in [0, 0.05) is 31.6 Å². The summed E-state index contributed by atoms with van der Waals surface area (Å²) in [6.07, 6.45) is -0.212. The monoisotopic (exact) mass is 382 g/mol. The summed E-state index contributed by atoms with van der Waals surface area (Å²) in [5.74, 6) is -3.76. The van der Waals surface area contributed by atoms with Gasteiger partial charge in [0.05, 0.1) is 18.7 Å². The maximum atomic E-state index is 13.8. The molecule has 7 nitrogen and oxygen atoms in total. The number of carbonyl (C=O) groups excluding carboxylic acids is 2. The maximum absolute atomic E-state index is 13.8. The quantitative estimate of drug-likeness (QED) is 0.847. The van der Waals surface area contributed by atoms with Gasteiger partial charge in [0.2, 0.25) is 5.91 Å². The van der Waals surface area contributed by atoms with Crippen molar-refractivity contribution in [3.8, 4) is 0 Å². The van der Waals surface area contributed by atoms with Crippen molar-refractivity contribution in [1.82, 2.24) is 9.80 Å². The van der Waals surface area contributed by atoms with E-state index in [9.17, 15) is 23.2 Å². The van der Waals surface area contributed by atoms with Gasteiger partial charge < -0.3 is 19.6 Å². The Labute approximate surface area is 154 Å². The number of ether oxygens (including phenoxy) is 1. The highest BCUT2D eigenvalue weighted by molar-refractivity contribution is 5.94. The Morgan fingerprint density at radius 2 is 1.78 bits per heavy atom.